The van der Waals surface area contributed by atoms with E-state index >= 15 is 0 Å². The molecule has 2 atom stereocenters. The van der Waals surface area contributed by atoms with E-state index in [1.54, 1.807) is 11.0 Å². The first-order valence-electron chi connectivity index (χ1n) is 6.33. The predicted octanol–water partition coefficient (Wildman–Crippen LogP) is 3.19. The summed E-state index contributed by atoms with van der Waals surface area (Å²) in [5.41, 5.74) is -0.646. The van der Waals surface area contributed by atoms with Gasteiger partial charge in [0.2, 0.25) is 0 Å². The zero-order valence-corrected chi connectivity index (χ0v) is 11.2. The summed E-state index contributed by atoms with van der Waals surface area (Å²) in [7, 11) is 0. The fraction of sp³-hybridized carbons (Fsp3) is 0.500. The lowest BCUT2D eigenvalue weighted by Gasteiger charge is -2.38. The van der Waals surface area contributed by atoms with E-state index in [2.05, 4.69) is 0 Å². The molecule has 0 N–H and O–H groups in total. The second kappa shape index (κ2) is 5.33. The van der Waals surface area contributed by atoms with Crippen molar-refractivity contribution in [1.82, 2.24) is 0 Å². The lowest BCUT2D eigenvalue weighted by atomic mass is 10.1. The van der Waals surface area contributed by atoms with Crippen molar-refractivity contribution in [3.63, 3.8) is 0 Å². The van der Waals surface area contributed by atoms with Crippen molar-refractivity contribution in [2.24, 2.45) is 0 Å². The van der Waals surface area contributed by atoms with E-state index in [0.717, 1.165) is 6.07 Å². The van der Waals surface area contributed by atoms with Gasteiger partial charge in [-0.25, -0.2) is 0 Å². The molecule has 0 saturated carbocycles. The zero-order valence-electron chi connectivity index (χ0n) is 11.2. The van der Waals surface area contributed by atoms with Gasteiger partial charge in [-0.2, -0.15) is 18.4 Å². The summed E-state index contributed by atoms with van der Waals surface area (Å²) in [6.45, 7) is 4.47. The first kappa shape index (κ1) is 14.7. The fourth-order valence-corrected chi connectivity index (χ4v) is 2.48. The first-order chi connectivity index (χ1) is 9.31. The predicted molar refractivity (Wildman–Crippen MR) is 68.4 cm³/mol. The number of alkyl halides is 3. The average molecular weight is 284 g/mol. The van der Waals surface area contributed by atoms with Crippen molar-refractivity contribution < 1.29 is 17.9 Å². The highest BCUT2D eigenvalue weighted by Crippen LogP contribution is 2.38. The highest BCUT2D eigenvalue weighted by Gasteiger charge is 2.36. The van der Waals surface area contributed by atoms with Crippen LogP contribution in [0.1, 0.15) is 25.0 Å². The maximum atomic E-state index is 13.1. The third-order valence-electron chi connectivity index (χ3n) is 3.19. The normalized spacial score (nSPS) is 23.5. The maximum absolute atomic E-state index is 13.1. The van der Waals surface area contributed by atoms with Crippen LogP contribution in [0.2, 0.25) is 0 Å². The third kappa shape index (κ3) is 3.05. The molecule has 1 aliphatic heterocycles. The Morgan fingerprint density at radius 3 is 2.35 bits per heavy atom. The lowest BCUT2D eigenvalue weighted by Crippen LogP contribution is -2.46. The highest BCUT2D eigenvalue weighted by atomic mass is 19.4. The van der Waals surface area contributed by atoms with Crippen LogP contribution >= 0.6 is 0 Å². The molecule has 0 amide bonds. The van der Waals surface area contributed by atoms with Gasteiger partial charge in [0, 0.05) is 18.8 Å². The Hall–Kier alpha value is -1.74. The van der Waals surface area contributed by atoms with Crippen molar-refractivity contribution in [1.29, 1.82) is 5.26 Å². The summed E-state index contributed by atoms with van der Waals surface area (Å²) >= 11 is 0. The molecule has 1 aliphatic rings. The molecule has 0 radical (unpaired) electrons. The Kier molecular flexibility index (Phi) is 3.91. The quantitative estimate of drug-likeness (QED) is 0.794. The van der Waals surface area contributed by atoms with E-state index in [4.69, 9.17) is 10.00 Å². The molecule has 0 spiro atoms. The first-order valence-corrected chi connectivity index (χ1v) is 6.33. The van der Waals surface area contributed by atoms with Crippen LogP contribution in [0.4, 0.5) is 18.9 Å². The molecule has 1 fully saturated rings. The van der Waals surface area contributed by atoms with E-state index in [-0.39, 0.29) is 23.5 Å². The number of rotatable bonds is 1. The van der Waals surface area contributed by atoms with Crippen LogP contribution in [-0.4, -0.2) is 25.3 Å². The van der Waals surface area contributed by atoms with Crippen LogP contribution in [0.5, 0.6) is 0 Å². The molecular formula is C14H15F3N2O. The second-order valence-electron chi connectivity index (χ2n) is 5.00. The van der Waals surface area contributed by atoms with Crippen molar-refractivity contribution >= 4 is 5.69 Å². The minimum Gasteiger partial charge on any atom is -0.372 e. The number of nitriles is 1. The SMILES string of the molecule is C[C@@H]1CN(c2ccc(C#N)cc2C(F)(F)F)C[C@H](C)O1. The highest BCUT2D eigenvalue weighted by molar-refractivity contribution is 5.58. The van der Waals surface area contributed by atoms with E-state index in [0.29, 0.717) is 13.1 Å². The average Bonchev–Trinajstić information content (AvgIpc) is 2.35. The molecule has 6 heteroatoms. The molecule has 2 rings (SSSR count). The monoisotopic (exact) mass is 284 g/mol. The van der Waals surface area contributed by atoms with Crippen LogP contribution in [0.25, 0.3) is 0 Å². The molecule has 1 aromatic rings. The van der Waals surface area contributed by atoms with E-state index in [1.165, 1.54) is 12.1 Å². The largest absolute Gasteiger partial charge is 0.418 e. The Balaban J connectivity index is 2.43. The van der Waals surface area contributed by atoms with Gasteiger partial charge in [-0.15, -0.1) is 0 Å². The topological polar surface area (TPSA) is 36.3 Å². The zero-order chi connectivity index (χ0) is 14.9. The lowest BCUT2D eigenvalue weighted by molar-refractivity contribution is -0.137. The van der Waals surface area contributed by atoms with Crippen molar-refractivity contribution in [2.75, 3.05) is 18.0 Å². The smallest absolute Gasteiger partial charge is 0.372 e. The van der Waals surface area contributed by atoms with Crippen molar-refractivity contribution in [3.05, 3.63) is 29.3 Å². The molecule has 0 bridgehead atoms. The molecule has 20 heavy (non-hydrogen) atoms. The summed E-state index contributed by atoms with van der Waals surface area (Å²) in [6.07, 6.45) is -4.74. The summed E-state index contributed by atoms with van der Waals surface area (Å²) in [5.74, 6) is 0. The standard InChI is InChI=1S/C14H15F3N2O/c1-9-7-19(8-10(2)20-9)13-4-3-11(6-18)5-12(13)14(15,16)17/h3-5,9-10H,7-8H2,1-2H3/t9-,10+. The number of benzene rings is 1. The van der Waals surface area contributed by atoms with E-state index in [9.17, 15) is 13.2 Å². The van der Waals surface area contributed by atoms with Crippen molar-refractivity contribution in [3.8, 4) is 6.07 Å². The van der Waals surface area contributed by atoms with Gasteiger partial charge in [0.1, 0.15) is 0 Å². The number of hydrogen-bond acceptors (Lipinski definition) is 3. The fourth-order valence-electron chi connectivity index (χ4n) is 2.48. The number of nitrogens with zero attached hydrogens (tertiary/aromatic N) is 2. The number of hydrogen-bond donors (Lipinski definition) is 0. The van der Waals surface area contributed by atoms with Gasteiger partial charge in [0.25, 0.3) is 0 Å². The number of morpholine rings is 1. The second-order valence-corrected chi connectivity index (χ2v) is 5.00. The van der Waals surface area contributed by atoms with Crippen LogP contribution in [0.3, 0.4) is 0 Å². The van der Waals surface area contributed by atoms with Crippen LogP contribution in [0, 0.1) is 11.3 Å². The van der Waals surface area contributed by atoms with Crippen LogP contribution in [0.15, 0.2) is 18.2 Å². The minimum absolute atomic E-state index is 0.00966. The van der Waals surface area contributed by atoms with E-state index in [1.807, 2.05) is 13.8 Å². The molecule has 0 aliphatic carbocycles. The Morgan fingerprint density at radius 2 is 1.85 bits per heavy atom. The van der Waals surface area contributed by atoms with Gasteiger partial charge in [-0.05, 0) is 32.0 Å². The van der Waals surface area contributed by atoms with Crippen molar-refractivity contribution in [2.45, 2.75) is 32.2 Å². The molecule has 108 valence electrons. The molecule has 1 aromatic carbocycles. The molecule has 1 saturated heterocycles. The number of ether oxygens (including phenoxy) is 1. The third-order valence-corrected chi connectivity index (χ3v) is 3.19. The van der Waals surface area contributed by atoms with Gasteiger partial charge in [0.05, 0.1) is 29.4 Å². The minimum atomic E-state index is -4.48. The van der Waals surface area contributed by atoms with Gasteiger partial charge in [-0.3, -0.25) is 0 Å². The molecular weight excluding hydrogens is 269 g/mol. The Morgan fingerprint density at radius 1 is 1.25 bits per heavy atom. The number of halogens is 3. The number of anilines is 1. The Bertz CT molecular complexity index is 526. The van der Waals surface area contributed by atoms with Crippen LogP contribution < -0.4 is 4.90 Å². The van der Waals surface area contributed by atoms with Gasteiger partial charge in [0.15, 0.2) is 0 Å². The van der Waals surface area contributed by atoms with Gasteiger partial charge >= 0.3 is 6.18 Å². The molecule has 1 heterocycles. The van der Waals surface area contributed by atoms with E-state index < -0.39 is 11.7 Å². The summed E-state index contributed by atoms with van der Waals surface area (Å²) < 4.78 is 45.0. The summed E-state index contributed by atoms with van der Waals surface area (Å²) in [5, 5.41) is 8.76. The summed E-state index contributed by atoms with van der Waals surface area (Å²) in [6, 6.07) is 5.43. The molecule has 3 nitrogen and oxygen atoms in total. The maximum Gasteiger partial charge on any atom is 0.418 e. The van der Waals surface area contributed by atoms with Crippen LogP contribution in [-0.2, 0) is 10.9 Å². The summed E-state index contributed by atoms with van der Waals surface area (Å²) in [4.78, 5) is 1.67. The van der Waals surface area contributed by atoms with Gasteiger partial charge in [-0.1, -0.05) is 0 Å². The van der Waals surface area contributed by atoms with Gasteiger partial charge < -0.3 is 9.64 Å². The molecule has 0 unspecified atom stereocenters. The molecule has 0 aromatic heterocycles. The Labute approximate surface area is 115 Å².